The van der Waals surface area contributed by atoms with Gasteiger partial charge in [-0.25, -0.2) is 9.59 Å². The van der Waals surface area contributed by atoms with E-state index >= 15 is 0 Å². The number of ether oxygens (including phenoxy) is 2. The van der Waals surface area contributed by atoms with Crippen molar-refractivity contribution in [3.8, 4) is 0 Å². The molecule has 2 aromatic carbocycles. The zero-order chi connectivity index (χ0) is 28.3. The Morgan fingerprint density at radius 2 is 1.32 bits per heavy atom. The molecule has 41 heavy (non-hydrogen) atoms. The minimum Gasteiger partial charge on any atom is -1.00 e. The zero-order valence-electron chi connectivity index (χ0n) is 25.5. The molecule has 2 heterocycles. The molecule has 0 saturated carbocycles. The number of Topliss-reactive ketones (excluding diaryl/α,β-unsaturated/α-hetero) is 1. The minimum absolute atomic E-state index is 0. The van der Waals surface area contributed by atoms with E-state index in [-0.39, 0.29) is 77.6 Å². The Labute approximate surface area is 269 Å². The van der Waals surface area contributed by atoms with Crippen molar-refractivity contribution in [3.63, 3.8) is 0 Å². The molecule has 9 nitrogen and oxygen atoms in total. The van der Waals surface area contributed by atoms with Crippen LogP contribution in [-0.2, 0) is 27.5 Å². The molecule has 1 unspecified atom stereocenters. The maximum atomic E-state index is 11.9. The Morgan fingerprint density at radius 3 is 1.85 bits per heavy atom. The van der Waals surface area contributed by atoms with Gasteiger partial charge in [0.05, 0.1) is 12.6 Å². The van der Waals surface area contributed by atoms with Gasteiger partial charge in [0.15, 0.2) is 5.78 Å². The summed E-state index contributed by atoms with van der Waals surface area (Å²) in [6.07, 6.45) is 3.81. The number of aliphatic hydroxyl groups is 2. The summed E-state index contributed by atoms with van der Waals surface area (Å²) >= 11 is 0. The van der Waals surface area contributed by atoms with E-state index in [0.29, 0.717) is 26.1 Å². The van der Waals surface area contributed by atoms with Crippen LogP contribution in [0.2, 0.25) is 0 Å². The van der Waals surface area contributed by atoms with Crippen molar-refractivity contribution >= 4 is 26.4 Å². The van der Waals surface area contributed by atoms with E-state index in [1.54, 1.807) is 11.8 Å². The molecule has 2 saturated heterocycles. The Morgan fingerprint density at radius 1 is 0.854 bits per heavy atom. The smallest absolute Gasteiger partial charge is 1.00 e. The van der Waals surface area contributed by atoms with E-state index in [2.05, 4.69) is 0 Å². The van der Waals surface area contributed by atoms with E-state index in [9.17, 15) is 19.5 Å². The van der Waals surface area contributed by atoms with Crippen molar-refractivity contribution < 1.29 is 65.1 Å². The van der Waals surface area contributed by atoms with Crippen molar-refractivity contribution in [1.82, 2.24) is 9.80 Å². The fourth-order valence-electron chi connectivity index (χ4n) is 4.06. The van der Waals surface area contributed by atoms with Crippen LogP contribution in [0.4, 0.5) is 9.59 Å². The van der Waals surface area contributed by atoms with Gasteiger partial charge in [0.25, 0.3) is 0 Å². The summed E-state index contributed by atoms with van der Waals surface area (Å²) < 4.78 is 10.5. The van der Waals surface area contributed by atoms with Gasteiger partial charge < -0.3 is 30.9 Å². The van der Waals surface area contributed by atoms with E-state index in [1.807, 2.05) is 60.7 Å². The SMILES string of the molecule is CCO.O=C(OCc1ccccc1)N1CCCCC(O)C1.O=C1CCCCN(C(=O)OCc2ccccc2)C1.[B].[H-].[Na+]. The van der Waals surface area contributed by atoms with Gasteiger partial charge in [0.2, 0.25) is 0 Å². The van der Waals surface area contributed by atoms with Crippen LogP contribution in [0.5, 0.6) is 0 Å². The van der Waals surface area contributed by atoms with Crippen LogP contribution in [0.25, 0.3) is 0 Å². The quantitative estimate of drug-likeness (QED) is 0.526. The molecule has 0 aliphatic carbocycles. The van der Waals surface area contributed by atoms with Gasteiger partial charge in [-0.2, -0.15) is 0 Å². The van der Waals surface area contributed by atoms with Gasteiger partial charge in [-0.15, -0.1) is 0 Å². The number of nitrogens with zero attached hydrogens (tertiary/aromatic N) is 2. The Hall–Kier alpha value is -2.37. The van der Waals surface area contributed by atoms with Crippen LogP contribution in [-0.4, -0.2) is 85.3 Å². The van der Waals surface area contributed by atoms with Crippen LogP contribution >= 0.6 is 0 Å². The summed E-state index contributed by atoms with van der Waals surface area (Å²) in [5.74, 6) is 0.115. The molecular weight excluding hydrogens is 534 g/mol. The second-order valence-electron chi connectivity index (χ2n) is 9.41. The number of rotatable bonds is 4. The van der Waals surface area contributed by atoms with Crippen molar-refractivity contribution in [2.45, 2.75) is 64.8 Å². The number of amides is 2. The normalized spacial score (nSPS) is 16.5. The first kappa shape index (κ1) is 38.6. The molecular formula is C30H43BN2NaO7. The maximum Gasteiger partial charge on any atom is 1.00 e. The standard InChI is InChI=1S/C14H19NO3.C14H17NO3.C2H6O.B.Na.H/c2*16-13-8-4-5-9-15(10-13)14(17)18-11-12-6-2-1-3-7-12;1-2-3;;;/h1-3,6-7,13,16H,4-5,8-11H2;1-3,6-7H,4-5,8-11H2;3H,2H2,1H3;;;/q;;;;+1;-1. The van der Waals surface area contributed by atoms with Gasteiger partial charge in [-0.3, -0.25) is 4.79 Å². The predicted octanol–water partition coefficient (Wildman–Crippen LogP) is 1.28. The Balaban J connectivity index is 0. The minimum atomic E-state index is -0.420. The molecule has 2 amide bonds. The van der Waals surface area contributed by atoms with E-state index < -0.39 is 12.2 Å². The van der Waals surface area contributed by atoms with Crippen molar-refractivity contribution in [3.05, 3.63) is 71.8 Å². The number of carbonyl (C=O) groups is 3. The molecule has 2 aromatic rings. The molecule has 2 N–H and O–H groups in total. The number of likely N-dealkylation sites (tertiary alicyclic amines) is 2. The van der Waals surface area contributed by atoms with Gasteiger partial charge in [-0.1, -0.05) is 60.7 Å². The molecule has 0 bridgehead atoms. The maximum absolute atomic E-state index is 11.9. The summed E-state index contributed by atoms with van der Waals surface area (Å²) in [7, 11) is 0. The number of hydrogen-bond donors (Lipinski definition) is 2. The monoisotopic (exact) mass is 577 g/mol. The fourth-order valence-corrected chi connectivity index (χ4v) is 4.06. The molecule has 11 heteroatoms. The molecule has 3 radical (unpaired) electrons. The summed E-state index contributed by atoms with van der Waals surface area (Å²) in [6, 6.07) is 19.1. The summed E-state index contributed by atoms with van der Waals surface area (Å²) in [5, 5.41) is 17.2. The molecule has 219 valence electrons. The van der Waals surface area contributed by atoms with Gasteiger partial charge in [-0.05, 0) is 50.2 Å². The summed E-state index contributed by atoms with van der Waals surface area (Å²) in [5.41, 5.74) is 1.92. The number of β-amino-alcohol motifs (C(OH)–C–C–N with tert-alkyl or cyclic N) is 1. The van der Waals surface area contributed by atoms with Crippen LogP contribution in [0, 0.1) is 0 Å². The molecule has 2 aliphatic rings. The number of benzene rings is 2. The average molecular weight is 577 g/mol. The molecule has 4 rings (SSSR count). The van der Waals surface area contributed by atoms with Gasteiger partial charge in [0, 0.05) is 41.1 Å². The predicted molar refractivity (Wildman–Crippen MR) is 155 cm³/mol. The summed E-state index contributed by atoms with van der Waals surface area (Å²) in [6.45, 7) is 4.32. The largest absolute Gasteiger partial charge is 1.00 e. The van der Waals surface area contributed by atoms with Crippen LogP contribution in [0.1, 0.15) is 58.0 Å². The third-order valence-electron chi connectivity index (χ3n) is 6.07. The number of hydrogen-bond acceptors (Lipinski definition) is 7. The van der Waals surface area contributed by atoms with Crippen LogP contribution in [0.3, 0.4) is 0 Å². The van der Waals surface area contributed by atoms with Crippen molar-refractivity contribution in [1.29, 1.82) is 0 Å². The zero-order valence-corrected chi connectivity index (χ0v) is 26.5. The van der Waals surface area contributed by atoms with Gasteiger partial charge in [0.1, 0.15) is 13.2 Å². The van der Waals surface area contributed by atoms with E-state index in [0.717, 1.165) is 43.2 Å². The number of aliphatic hydroxyl groups excluding tert-OH is 2. The van der Waals surface area contributed by atoms with E-state index in [4.69, 9.17) is 14.6 Å². The van der Waals surface area contributed by atoms with Crippen molar-refractivity contribution in [2.24, 2.45) is 0 Å². The Bertz CT molecular complexity index is 992. The number of ketones is 1. The Kier molecular flexibility index (Phi) is 21.9. The van der Waals surface area contributed by atoms with Crippen molar-refractivity contribution in [2.75, 3.05) is 32.8 Å². The van der Waals surface area contributed by atoms with Crippen LogP contribution in [0.15, 0.2) is 60.7 Å². The van der Waals surface area contributed by atoms with Crippen LogP contribution < -0.4 is 29.6 Å². The molecule has 0 spiro atoms. The third-order valence-corrected chi connectivity index (χ3v) is 6.07. The molecule has 0 aromatic heterocycles. The first-order valence-corrected chi connectivity index (χ1v) is 13.6. The first-order valence-electron chi connectivity index (χ1n) is 13.6. The second kappa shape index (κ2) is 23.2. The average Bonchev–Trinajstić information content (AvgIpc) is 3.32. The third kappa shape index (κ3) is 16.6. The first-order chi connectivity index (χ1) is 18.9. The molecule has 1 atom stereocenters. The van der Waals surface area contributed by atoms with Gasteiger partial charge >= 0.3 is 41.7 Å². The molecule has 2 fully saturated rings. The number of carbonyl (C=O) groups excluding carboxylic acids is 3. The molecule has 2 aliphatic heterocycles. The topological polar surface area (TPSA) is 117 Å². The fraction of sp³-hybridized carbons (Fsp3) is 0.500. The second-order valence-corrected chi connectivity index (χ2v) is 9.41. The van der Waals surface area contributed by atoms with E-state index in [1.165, 1.54) is 4.90 Å². The summed E-state index contributed by atoms with van der Waals surface area (Å²) in [4.78, 5) is 38.2.